The van der Waals surface area contributed by atoms with E-state index >= 15 is 0 Å². The summed E-state index contributed by atoms with van der Waals surface area (Å²) >= 11 is 11.9. The van der Waals surface area contributed by atoms with Gasteiger partial charge in [-0.05, 0) is 12.1 Å². The van der Waals surface area contributed by atoms with Crippen LogP contribution < -0.4 is 5.32 Å². The Hall–Kier alpha value is -2.05. The van der Waals surface area contributed by atoms with Crippen LogP contribution in [0.3, 0.4) is 0 Å². The Labute approximate surface area is 137 Å². The van der Waals surface area contributed by atoms with E-state index in [4.69, 9.17) is 28.0 Å². The van der Waals surface area contributed by atoms with Crippen molar-refractivity contribution in [2.45, 2.75) is 12.8 Å². The standard InChI is InChI=1S/C14H13Cl2N3O3/c1-21-18-12(9-2-3-10(15)11(16)8-9)4-5-14(20)17-13-6-7-22-19-13/h2-3,6-8H,4-5H2,1H3,(H,17,19,20)/b18-12-. The van der Waals surface area contributed by atoms with E-state index in [1.54, 1.807) is 24.3 Å². The summed E-state index contributed by atoms with van der Waals surface area (Å²) in [7, 11) is 1.44. The molecule has 1 amide bonds. The minimum atomic E-state index is -0.210. The van der Waals surface area contributed by atoms with Crippen LogP contribution in [0.1, 0.15) is 18.4 Å². The molecule has 1 aromatic heterocycles. The van der Waals surface area contributed by atoms with Gasteiger partial charge in [-0.3, -0.25) is 4.79 Å². The molecule has 0 fully saturated rings. The third-order valence-corrected chi connectivity index (χ3v) is 3.49. The minimum Gasteiger partial charge on any atom is -0.399 e. The van der Waals surface area contributed by atoms with Crippen molar-refractivity contribution in [2.24, 2.45) is 5.16 Å². The van der Waals surface area contributed by atoms with Gasteiger partial charge in [0.2, 0.25) is 5.91 Å². The zero-order valence-electron chi connectivity index (χ0n) is 11.7. The van der Waals surface area contributed by atoms with Gasteiger partial charge in [0.1, 0.15) is 13.4 Å². The van der Waals surface area contributed by atoms with Gasteiger partial charge in [-0.15, -0.1) is 0 Å². The van der Waals surface area contributed by atoms with Gasteiger partial charge >= 0.3 is 0 Å². The molecule has 0 radical (unpaired) electrons. The summed E-state index contributed by atoms with van der Waals surface area (Å²) in [6.07, 6.45) is 1.95. The predicted molar refractivity (Wildman–Crippen MR) is 84.4 cm³/mol. The summed E-state index contributed by atoms with van der Waals surface area (Å²) in [6, 6.07) is 6.67. The van der Waals surface area contributed by atoms with Crippen LogP contribution in [0, 0.1) is 0 Å². The highest BCUT2D eigenvalue weighted by molar-refractivity contribution is 6.42. The number of amides is 1. The molecule has 0 atom stereocenters. The maximum absolute atomic E-state index is 11.8. The van der Waals surface area contributed by atoms with Gasteiger partial charge in [0.05, 0.1) is 15.8 Å². The summed E-state index contributed by atoms with van der Waals surface area (Å²) in [5, 5.41) is 11.0. The Balaban J connectivity index is 2.01. The molecule has 0 saturated heterocycles. The first-order chi connectivity index (χ1) is 10.6. The molecule has 0 aliphatic heterocycles. The number of oxime groups is 1. The van der Waals surface area contributed by atoms with Crippen LogP contribution in [-0.2, 0) is 9.63 Å². The number of carbonyl (C=O) groups excluding carboxylic acids is 1. The monoisotopic (exact) mass is 341 g/mol. The highest BCUT2D eigenvalue weighted by atomic mass is 35.5. The molecule has 8 heteroatoms. The summed E-state index contributed by atoms with van der Waals surface area (Å²) in [4.78, 5) is 16.7. The largest absolute Gasteiger partial charge is 0.399 e. The van der Waals surface area contributed by atoms with Gasteiger partial charge in [0.15, 0.2) is 5.82 Å². The third-order valence-electron chi connectivity index (χ3n) is 2.75. The van der Waals surface area contributed by atoms with Crippen LogP contribution in [-0.4, -0.2) is 23.9 Å². The summed E-state index contributed by atoms with van der Waals surface area (Å²) < 4.78 is 4.64. The lowest BCUT2D eigenvalue weighted by Crippen LogP contribution is -2.14. The number of nitrogens with zero attached hydrogens (tertiary/aromatic N) is 2. The van der Waals surface area contributed by atoms with Crippen LogP contribution in [0.25, 0.3) is 0 Å². The van der Waals surface area contributed by atoms with Crippen molar-refractivity contribution in [3.05, 3.63) is 46.1 Å². The fourth-order valence-corrected chi connectivity index (χ4v) is 2.04. The smallest absolute Gasteiger partial charge is 0.226 e. The van der Waals surface area contributed by atoms with Gasteiger partial charge in [0, 0.05) is 24.5 Å². The van der Waals surface area contributed by atoms with Gasteiger partial charge in [-0.25, -0.2) is 0 Å². The second-order valence-corrected chi connectivity index (χ2v) is 5.10. The average molecular weight is 342 g/mol. The van der Waals surface area contributed by atoms with E-state index < -0.39 is 0 Å². The van der Waals surface area contributed by atoms with Crippen molar-refractivity contribution >= 4 is 40.6 Å². The number of hydrogen-bond acceptors (Lipinski definition) is 5. The number of anilines is 1. The van der Waals surface area contributed by atoms with Crippen molar-refractivity contribution in [3.63, 3.8) is 0 Å². The zero-order valence-corrected chi connectivity index (χ0v) is 13.2. The van der Waals surface area contributed by atoms with E-state index in [9.17, 15) is 4.79 Å². The number of benzene rings is 1. The van der Waals surface area contributed by atoms with Crippen molar-refractivity contribution in [2.75, 3.05) is 12.4 Å². The number of hydrogen-bond donors (Lipinski definition) is 1. The third kappa shape index (κ3) is 4.47. The molecule has 1 aromatic carbocycles. The van der Waals surface area contributed by atoms with Gasteiger partial charge in [-0.2, -0.15) is 0 Å². The zero-order chi connectivity index (χ0) is 15.9. The van der Waals surface area contributed by atoms with Crippen LogP contribution in [0.15, 0.2) is 40.2 Å². The molecule has 1 heterocycles. The fraction of sp³-hybridized carbons (Fsp3) is 0.214. The molecule has 2 rings (SSSR count). The molecule has 22 heavy (non-hydrogen) atoms. The molecule has 116 valence electrons. The molecule has 0 spiro atoms. The highest BCUT2D eigenvalue weighted by Crippen LogP contribution is 2.23. The maximum Gasteiger partial charge on any atom is 0.226 e. The topological polar surface area (TPSA) is 76.7 Å². The molecule has 6 nitrogen and oxygen atoms in total. The number of carbonyl (C=O) groups is 1. The Morgan fingerprint density at radius 2 is 2.14 bits per heavy atom. The summed E-state index contributed by atoms with van der Waals surface area (Å²) in [5.41, 5.74) is 1.34. The van der Waals surface area contributed by atoms with Crippen LogP contribution in [0.5, 0.6) is 0 Å². The van der Waals surface area contributed by atoms with Crippen molar-refractivity contribution < 1.29 is 14.2 Å². The normalized spacial score (nSPS) is 11.3. The van der Waals surface area contributed by atoms with Crippen molar-refractivity contribution in [1.29, 1.82) is 0 Å². The van der Waals surface area contributed by atoms with Gasteiger partial charge < -0.3 is 14.7 Å². The number of halogens is 2. The van der Waals surface area contributed by atoms with Crippen molar-refractivity contribution in [1.82, 2.24) is 5.16 Å². The molecular weight excluding hydrogens is 329 g/mol. The SMILES string of the molecule is CO/N=C(/CCC(=O)Nc1ccon1)c1ccc(Cl)c(Cl)c1. The Bertz CT molecular complexity index is 672. The lowest BCUT2D eigenvalue weighted by Gasteiger charge is -2.07. The first-order valence-electron chi connectivity index (χ1n) is 6.36. The molecule has 0 aliphatic rings. The first-order valence-corrected chi connectivity index (χ1v) is 7.11. The first kappa shape index (κ1) is 16.3. The fourth-order valence-electron chi connectivity index (χ4n) is 1.74. The molecule has 1 N–H and O–H groups in total. The quantitative estimate of drug-likeness (QED) is 0.641. The van der Waals surface area contributed by atoms with Crippen LogP contribution in [0.4, 0.5) is 5.82 Å². The number of aromatic nitrogens is 1. The van der Waals surface area contributed by atoms with E-state index in [2.05, 4.69) is 20.2 Å². The number of rotatable bonds is 6. The summed E-state index contributed by atoms with van der Waals surface area (Å²) in [5.74, 6) is 0.155. The van der Waals surface area contributed by atoms with Crippen molar-refractivity contribution in [3.8, 4) is 0 Å². The molecule has 2 aromatic rings. The maximum atomic E-state index is 11.8. The molecule has 0 aliphatic carbocycles. The van der Waals surface area contributed by atoms with E-state index in [0.29, 0.717) is 28.0 Å². The molecular formula is C14H13Cl2N3O3. The lowest BCUT2D eigenvalue weighted by atomic mass is 10.1. The van der Waals surface area contributed by atoms with E-state index in [0.717, 1.165) is 5.56 Å². The van der Waals surface area contributed by atoms with Gasteiger partial charge in [0.25, 0.3) is 0 Å². The Morgan fingerprint density at radius 3 is 2.77 bits per heavy atom. The summed E-state index contributed by atoms with van der Waals surface area (Å²) in [6.45, 7) is 0. The molecule has 0 bridgehead atoms. The van der Waals surface area contributed by atoms with Crippen LogP contribution >= 0.6 is 23.2 Å². The average Bonchev–Trinajstić information content (AvgIpc) is 2.99. The Kier molecular flexibility index (Phi) is 5.80. The van der Waals surface area contributed by atoms with Crippen LogP contribution in [0.2, 0.25) is 10.0 Å². The minimum absolute atomic E-state index is 0.204. The van der Waals surface area contributed by atoms with Gasteiger partial charge in [-0.1, -0.05) is 39.6 Å². The second-order valence-electron chi connectivity index (χ2n) is 4.28. The van der Waals surface area contributed by atoms with E-state index in [-0.39, 0.29) is 12.3 Å². The van der Waals surface area contributed by atoms with E-state index in [1.807, 2.05) is 0 Å². The lowest BCUT2D eigenvalue weighted by molar-refractivity contribution is -0.116. The highest BCUT2D eigenvalue weighted by Gasteiger charge is 2.11. The Morgan fingerprint density at radius 1 is 1.32 bits per heavy atom. The van der Waals surface area contributed by atoms with E-state index in [1.165, 1.54) is 13.4 Å². The predicted octanol–water partition coefficient (Wildman–Crippen LogP) is 3.75. The second kappa shape index (κ2) is 7.82. The molecule has 0 unspecified atom stereocenters. The number of nitrogens with one attached hydrogen (secondary N) is 1. The molecule has 0 saturated carbocycles.